The van der Waals surface area contributed by atoms with Crippen molar-refractivity contribution in [3.8, 4) is 0 Å². The Labute approximate surface area is 90.1 Å². The SMILES string of the molecule is C=C(C=C(C)CCCC)CCCCC. The molecular weight excluding hydrogens is 168 g/mol. The van der Waals surface area contributed by atoms with Gasteiger partial charge in [0.05, 0.1) is 0 Å². The molecule has 0 unspecified atom stereocenters. The number of hydrogen-bond acceptors (Lipinski definition) is 0. The molecule has 0 saturated carbocycles. The molecule has 14 heavy (non-hydrogen) atoms. The predicted molar refractivity (Wildman–Crippen MR) is 66.6 cm³/mol. The molecule has 0 heterocycles. The summed E-state index contributed by atoms with van der Waals surface area (Å²) in [7, 11) is 0. The third kappa shape index (κ3) is 8.10. The lowest BCUT2D eigenvalue weighted by Gasteiger charge is -2.03. The number of rotatable bonds is 8. The van der Waals surface area contributed by atoms with Crippen LogP contribution in [0, 0.1) is 0 Å². The van der Waals surface area contributed by atoms with Crippen molar-refractivity contribution in [3.63, 3.8) is 0 Å². The zero-order valence-electron chi connectivity index (χ0n) is 10.2. The van der Waals surface area contributed by atoms with Gasteiger partial charge in [0.2, 0.25) is 0 Å². The number of allylic oxidation sites excluding steroid dienone is 3. The highest BCUT2D eigenvalue weighted by atomic mass is 14.0. The molecule has 0 amide bonds. The average molecular weight is 194 g/mol. The monoisotopic (exact) mass is 194 g/mol. The van der Waals surface area contributed by atoms with E-state index in [1.54, 1.807) is 0 Å². The van der Waals surface area contributed by atoms with Crippen LogP contribution in [-0.2, 0) is 0 Å². The van der Waals surface area contributed by atoms with Gasteiger partial charge >= 0.3 is 0 Å². The van der Waals surface area contributed by atoms with Gasteiger partial charge in [-0.1, -0.05) is 56.9 Å². The van der Waals surface area contributed by atoms with Crippen molar-refractivity contribution in [2.45, 2.75) is 65.7 Å². The largest absolute Gasteiger partial charge is 0.0958 e. The Bertz CT molecular complexity index is 174. The third-order valence-electron chi connectivity index (χ3n) is 2.48. The van der Waals surface area contributed by atoms with Crippen LogP contribution in [0.1, 0.15) is 65.7 Å². The second-order valence-corrected chi connectivity index (χ2v) is 4.21. The first kappa shape index (κ1) is 13.5. The molecule has 0 fully saturated rings. The Hall–Kier alpha value is -0.520. The smallest absolute Gasteiger partial charge is 0.0285 e. The van der Waals surface area contributed by atoms with Gasteiger partial charge in [-0.05, 0) is 32.6 Å². The lowest BCUT2D eigenvalue weighted by Crippen LogP contribution is -1.82. The first-order valence-electron chi connectivity index (χ1n) is 6.05. The van der Waals surface area contributed by atoms with Crippen LogP contribution in [0.25, 0.3) is 0 Å². The van der Waals surface area contributed by atoms with Crippen molar-refractivity contribution in [1.29, 1.82) is 0 Å². The molecule has 0 radical (unpaired) electrons. The molecule has 0 spiro atoms. The van der Waals surface area contributed by atoms with Gasteiger partial charge < -0.3 is 0 Å². The zero-order valence-corrected chi connectivity index (χ0v) is 10.2. The van der Waals surface area contributed by atoms with Crippen LogP contribution >= 0.6 is 0 Å². The molecule has 0 heteroatoms. The van der Waals surface area contributed by atoms with Crippen LogP contribution in [0.3, 0.4) is 0 Å². The van der Waals surface area contributed by atoms with Gasteiger partial charge in [0.1, 0.15) is 0 Å². The Morgan fingerprint density at radius 2 is 1.64 bits per heavy atom. The van der Waals surface area contributed by atoms with Crippen LogP contribution in [-0.4, -0.2) is 0 Å². The van der Waals surface area contributed by atoms with Crippen molar-refractivity contribution in [1.82, 2.24) is 0 Å². The Kier molecular flexibility index (Phi) is 8.72. The lowest BCUT2D eigenvalue weighted by molar-refractivity contribution is 0.718. The number of unbranched alkanes of at least 4 members (excludes halogenated alkanes) is 3. The maximum atomic E-state index is 4.10. The van der Waals surface area contributed by atoms with E-state index in [1.807, 2.05) is 0 Å². The van der Waals surface area contributed by atoms with Gasteiger partial charge in [0.15, 0.2) is 0 Å². The molecule has 0 aromatic carbocycles. The van der Waals surface area contributed by atoms with Crippen molar-refractivity contribution in [2.75, 3.05) is 0 Å². The average Bonchev–Trinajstić information content (AvgIpc) is 2.15. The lowest BCUT2D eigenvalue weighted by atomic mass is 10.0. The van der Waals surface area contributed by atoms with Crippen LogP contribution in [0.15, 0.2) is 23.8 Å². The minimum atomic E-state index is 1.18. The molecule has 0 N–H and O–H groups in total. The van der Waals surface area contributed by atoms with E-state index in [0.717, 1.165) is 0 Å². The summed E-state index contributed by atoms with van der Waals surface area (Å²) in [5.41, 5.74) is 2.81. The summed E-state index contributed by atoms with van der Waals surface area (Å²) in [5.74, 6) is 0. The summed E-state index contributed by atoms with van der Waals surface area (Å²) < 4.78 is 0. The van der Waals surface area contributed by atoms with E-state index in [2.05, 4.69) is 33.4 Å². The summed E-state index contributed by atoms with van der Waals surface area (Å²) in [6.07, 6.45) is 11.2. The topological polar surface area (TPSA) is 0 Å². The van der Waals surface area contributed by atoms with Crippen molar-refractivity contribution >= 4 is 0 Å². The van der Waals surface area contributed by atoms with Gasteiger partial charge in [-0.15, -0.1) is 0 Å². The summed E-state index contributed by atoms with van der Waals surface area (Å²) in [6, 6.07) is 0. The predicted octanol–water partition coefficient (Wildman–Crippen LogP) is 5.26. The van der Waals surface area contributed by atoms with Crippen LogP contribution in [0.4, 0.5) is 0 Å². The maximum absolute atomic E-state index is 4.10. The highest BCUT2D eigenvalue weighted by Gasteiger charge is 1.93. The highest BCUT2D eigenvalue weighted by molar-refractivity contribution is 5.19. The Morgan fingerprint density at radius 1 is 1.00 bits per heavy atom. The molecule has 0 aliphatic heterocycles. The normalized spacial score (nSPS) is 11.8. The second-order valence-electron chi connectivity index (χ2n) is 4.21. The molecule has 0 nitrogen and oxygen atoms in total. The Morgan fingerprint density at radius 3 is 2.21 bits per heavy atom. The molecule has 0 aromatic rings. The standard InChI is InChI=1S/C14H26/c1-5-7-9-11-14(4)12-13(3)10-8-6-2/h12H,4-11H2,1-3H3. The molecule has 0 aromatic heterocycles. The van der Waals surface area contributed by atoms with Gasteiger partial charge in [-0.3, -0.25) is 0 Å². The third-order valence-corrected chi connectivity index (χ3v) is 2.48. The Balaban J connectivity index is 3.66. The molecule has 0 saturated heterocycles. The highest BCUT2D eigenvalue weighted by Crippen LogP contribution is 2.13. The maximum Gasteiger partial charge on any atom is -0.0285 e. The van der Waals surface area contributed by atoms with Crippen LogP contribution in [0.2, 0.25) is 0 Å². The van der Waals surface area contributed by atoms with E-state index in [0.29, 0.717) is 0 Å². The molecule has 0 aliphatic rings. The quantitative estimate of drug-likeness (QED) is 0.365. The fourth-order valence-electron chi connectivity index (χ4n) is 1.55. The summed E-state index contributed by atoms with van der Waals surface area (Å²) in [4.78, 5) is 0. The molecule has 0 aliphatic carbocycles. The van der Waals surface area contributed by atoms with E-state index in [1.165, 1.54) is 56.1 Å². The van der Waals surface area contributed by atoms with Gasteiger partial charge in [-0.25, -0.2) is 0 Å². The van der Waals surface area contributed by atoms with Gasteiger partial charge in [-0.2, -0.15) is 0 Å². The van der Waals surface area contributed by atoms with E-state index >= 15 is 0 Å². The molecular formula is C14H26. The van der Waals surface area contributed by atoms with Crippen molar-refractivity contribution in [2.24, 2.45) is 0 Å². The minimum absolute atomic E-state index is 1.18. The molecule has 0 atom stereocenters. The first-order valence-corrected chi connectivity index (χ1v) is 6.05. The van der Waals surface area contributed by atoms with Crippen molar-refractivity contribution < 1.29 is 0 Å². The summed E-state index contributed by atoms with van der Waals surface area (Å²) >= 11 is 0. The summed E-state index contributed by atoms with van der Waals surface area (Å²) in [6.45, 7) is 10.8. The second kappa shape index (κ2) is 9.05. The van der Waals surface area contributed by atoms with Crippen molar-refractivity contribution in [3.05, 3.63) is 23.8 Å². The van der Waals surface area contributed by atoms with Crippen LogP contribution < -0.4 is 0 Å². The number of hydrogen-bond donors (Lipinski definition) is 0. The van der Waals surface area contributed by atoms with Gasteiger partial charge in [0.25, 0.3) is 0 Å². The zero-order chi connectivity index (χ0) is 10.8. The molecule has 0 bridgehead atoms. The molecule has 82 valence electrons. The van der Waals surface area contributed by atoms with E-state index in [-0.39, 0.29) is 0 Å². The van der Waals surface area contributed by atoms with Crippen LogP contribution in [0.5, 0.6) is 0 Å². The van der Waals surface area contributed by atoms with E-state index in [4.69, 9.17) is 0 Å². The van der Waals surface area contributed by atoms with Gasteiger partial charge in [0, 0.05) is 0 Å². The minimum Gasteiger partial charge on any atom is -0.0958 e. The first-order chi connectivity index (χ1) is 6.70. The fourth-order valence-corrected chi connectivity index (χ4v) is 1.55. The summed E-state index contributed by atoms with van der Waals surface area (Å²) in [5, 5.41) is 0. The van der Waals surface area contributed by atoms with E-state index in [9.17, 15) is 0 Å². The van der Waals surface area contributed by atoms with E-state index < -0.39 is 0 Å². The fraction of sp³-hybridized carbons (Fsp3) is 0.714. The molecule has 0 rings (SSSR count).